The van der Waals surface area contributed by atoms with Crippen molar-refractivity contribution < 1.29 is 14.4 Å². The van der Waals surface area contributed by atoms with Crippen LogP contribution in [0.4, 0.5) is 5.82 Å². The van der Waals surface area contributed by atoms with Gasteiger partial charge in [-0.05, 0) is 48.5 Å². The highest BCUT2D eigenvalue weighted by atomic mass is 35.5. The van der Waals surface area contributed by atoms with Gasteiger partial charge in [0.05, 0.1) is 16.7 Å². The number of amides is 3. The van der Waals surface area contributed by atoms with E-state index in [-0.39, 0.29) is 30.8 Å². The molecule has 0 spiro atoms. The number of nitrogens with zero attached hydrogens (tertiary/aromatic N) is 2. The Morgan fingerprint density at radius 3 is 2.36 bits per heavy atom. The van der Waals surface area contributed by atoms with Crippen molar-refractivity contribution in [3.63, 3.8) is 0 Å². The average molecular weight is 495 g/mol. The Kier molecular flexibility index (Phi) is 6.11. The number of benzene rings is 3. The molecule has 0 saturated carbocycles. The van der Waals surface area contributed by atoms with E-state index in [0.29, 0.717) is 38.7 Å². The molecular weight excluding hydrogens is 476 g/mol. The molecule has 0 atom stereocenters. The SMILES string of the molecule is Nc1ncc2ccc(Cl)cc2c1C#Cc1ccc(C(=O)NCCN2C(=O)c3ccccc3C2=O)cc1. The van der Waals surface area contributed by atoms with Crippen LogP contribution < -0.4 is 11.1 Å². The van der Waals surface area contributed by atoms with Crippen molar-refractivity contribution in [2.24, 2.45) is 0 Å². The first-order valence-electron chi connectivity index (χ1n) is 11.1. The highest BCUT2D eigenvalue weighted by molar-refractivity contribution is 6.31. The van der Waals surface area contributed by atoms with Crippen LogP contribution in [0.5, 0.6) is 0 Å². The molecule has 7 nitrogen and oxygen atoms in total. The summed E-state index contributed by atoms with van der Waals surface area (Å²) < 4.78 is 0. The van der Waals surface area contributed by atoms with Crippen LogP contribution in [0.3, 0.4) is 0 Å². The number of carbonyl (C=O) groups excluding carboxylic acids is 3. The number of halogens is 1. The summed E-state index contributed by atoms with van der Waals surface area (Å²) >= 11 is 6.13. The number of anilines is 1. The van der Waals surface area contributed by atoms with Gasteiger partial charge in [-0.25, -0.2) is 4.98 Å². The zero-order chi connectivity index (χ0) is 25.2. The molecule has 3 N–H and O–H groups in total. The zero-order valence-corrected chi connectivity index (χ0v) is 19.7. The lowest BCUT2D eigenvalue weighted by Gasteiger charge is -2.14. The summed E-state index contributed by atoms with van der Waals surface area (Å²) in [4.78, 5) is 42.7. The molecule has 2 heterocycles. The molecule has 8 heteroatoms. The lowest BCUT2D eigenvalue weighted by Crippen LogP contribution is -2.38. The van der Waals surface area contributed by atoms with E-state index < -0.39 is 0 Å². The van der Waals surface area contributed by atoms with Crippen LogP contribution in [0.1, 0.15) is 42.2 Å². The molecule has 0 aliphatic carbocycles. The van der Waals surface area contributed by atoms with Gasteiger partial charge in [-0.2, -0.15) is 0 Å². The summed E-state index contributed by atoms with van der Waals surface area (Å²) in [5, 5.41) is 5.02. The third kappa shape index (κ3) is 4.38. The fourth-order valence-corrected chi connectivity index (χ4v) is 4.17. The third-order valence-electron chi connectivity index (χ3n) is 5.86. The van der Waals surface area contributed by atoms with Crippen LogP contribution in [0.2, 0.25) is 5.02 Å². The molecule has 0 radical (unpaired) electrons. The molecule has 0 unspecified atom stereocenters. The quantitative estimate of drug-likeness (QED) is 0.331. The van der Waals surface area contributed by atoms with Crippen molar-refractivity contribution in [2.75, 3.05) is 18.8 Å². The van der Waals surface area contributed by atoms with Crippen LogP contribution in [-0.2, 0) is 0 Å². The summed E-state index contributed by atoms with van der Waals surface area (Å²) in [6, 6.07) is 18.9. The lowest BCUT2D eigenvalue weighted by atomic mass is 10.1. The number of rotatable bonds is 4. The third-order valence-corrected chi connectivity index (χ3v) is 6.10. The van der Waals surface area contributed by atoms with E-state index in [0.717, 1.165) is 15.7 Å². The number of hydrogen-bond acceptors (Lipinski definition) is 5. The van der Waals surface area contributed by atoms with Gasteiger partial charge in [0.2, 0.25) is 0 Å². The molecule has 36 heavy (non-hydrogen) atoms. The summed E-state index contributed by atoms with van der Waals surface area (Å²) in [6.07, 6.45) is 1.67. The maximum absolute atomic E-state index is 12.5. The number of nitrogen functional groups attached to an aromatic ring is 1. The minimum atomic E-state index is -0.350. The second-order valence-corrected chi connectivity index (χ2v) is 8.58. The number of imide groups is 1. The second kappa shape index (κ2) is 9.53. The summed E-state index contributed by atoms with van der Waals surface area (Å²) in [6.45, 7) is 0.230. The molecule has 0 saturated heterocycles. The highest BCUT2D eigenvalue weighted by Crippen LogP contribution is 2.25. The topological polar surface area (TPSA) is 105 Å². The lowest BCUT2D eigenvalue weighted by molar-refractivity contribution is 0.0650. The first-order chi connectivity index (χ1) is 17.4. The molecule has 176 valence electrons. The number of fused-ring (bicyclic) bond motifs is 2. The molecular formula is C28H19ClN4O3. The van der Waals surface area contributed by atoms with Crippen molar-refractivity contribution in [3.8, 4) is 11.8 Å². The van der Waals surface area contributed by atoms with Gasteiger partial charge in [0.1, 0.15) is 5.82 Å². The molecule has 4 aromatic rings. The smallest absolute Gasteiger partial charge is 0.261 e. The predicted octanol–water partition coefficient (Wildman–Crippen LogP) is 3.90. The summed E-state index contributed by atoms with van der Waals surface area (Å²) in [5.74, 6) is 5.41. The monoisotopic (exact) mass is 494 g/mol. The Bertz CT molecular complexity index is 1560. The molecule has 3 aromatic carbocycles. The molecule has 1 aliphatic heterocycles. The maximum Gasteiger partial charge on any atom is 0.261 e. The number of nitrogens with one attached hydrogen (secondary N) is 1. The van der Waals surface area contributed by atoms with Crippen molar-refractivity contribution in [3.05, 3.63) is 106 Å². The Labute approximate surface area is 211 Å². The minimum Gasteiger partial charge on any atom is -0.383 e. The molecule has 1 aromatic heterocycles. The van der Waals surface area contributed by atoms with E-state index in [1.54, 1.807) is 66.9 Å². The fourth-order valence-electron chi connectivity index (χ4n) is 4.00. The van der Waals surface area contributed by atoms with E-state index in [1.165, 1.54) is 0 Å². The standard InChI is InChI=1S/C28H19ClN4O3/c29-20-11-10-19-16-32-25(30)21(24(19)15-20)12-7-17-5-8-18(9-6-17)26(34)31-13-14-33-27(35)22-3-1-2-4-23(22)28(33)36/h1-6,8-11,15-16H,13-14H2,(H2,30,32)(H,31,34). The average Bonchev–Trinajstić information content (AvgIpc) is 3.13. The molecule has 0 fully saturated rings. The van der Waals surface area contributed by atoms with Gasteiger partial charge in [-0.15, -0.1) is 0 Å². The fraction of sp³-hybridized carbons (Fsp3) is 0.0714. The Morgan fingerprint density at radius 2 is 1.67 bits per heavy atom. The number of hydrogen-bond donors (Lipinski definition) is 2. The van der Waals surface area contributed by atoms with Crippen LogP contribution in [0.15, 0.2) is 72.9 Å². The van der Waals surface area contributed by atoms with E-state index in [2.05, 4.69) is 22.1 Å². The molecule has 1 aliphatic rings. The molecule has 5 rings (SSSR count). The van der Waals surface area contributed by atoms with Gasteiger partial charge in [0.15, 0.2) is 0 Å². The van der Waals surface area contributed by atoms with Gasteiger partial charge in [0.25, 0.3) is 17.7 Å². The van der Waals surface area contributed by atoms with Crippen molar-refractivity contribution in [1.82, 2.24) is 15.2 Å². The largest absolute Gasteiger partial charge is 0.383 e. The van der Waals surface area contributed by atoms with Crippen molar-refractivity contribution in [1.29, 1.82) is 0 Å². The predicted molar refractivity (Wildman–Crippen MR) is 138 cm³/mol. The van der Waals surface area contributed by atoms with Crippen molar-refractivity contribution in [2.45, 2.75) is 0 Å². The van der Waals surface area contributed by atoms with Gasteiger partial charge < -0.3 is 11.1 Å². The second-order valence-electron chi connectivity index (χ2n) is 8.14. The molecule has 3 amide bonds. The Balaban J connectivity index is 1.23. The first-order valence-corrected chi connectivity index (χ1v) is 11.5. The van der Waals surface area contributed by atoms with E-state index in [4.69, 9.17) is 17.3 Å². The first kappa shape index (κ1) is 23.1. The molecule has 0 bridgehead atoms. The normalized spacial score (nSPS) is 12.3. The maximum atomic E-state index is 12.5. The number of aromatic nitrogens is 1. The van der Waals surface area contributed by atoms with Gasteiger partial charge >= 0.3 is 0 Å². The highest BCUT2D eigenvalue weighted by Gasteiger charge is 2.34. The van der Waals surface area contributed by atoms with E-state index >= 15 is 0 Å². The van der Waals surface area contributed by atoms with Crippen LogP contribution in [-0.4, -0.2) is 40.7 Å². The van der Waals surface area contributed by atoms with Crippen LogP contribution >= 0.6 is 11.6 Å². The Morgan fingerprint density at radius 1 is 0.972 bits per heavy atom. The van der Waals surface area contributed by atoms with E-state index in [9.17, 15) is 14.4 Å². The van der Waals surface area contributed by atoms with Crippen LogP contribution in [0.25, 0.3) is 10.8 Å². The number of carbonyl (C=O) groups is 3. The van der Waals surface area contributed by atoms with Gasteiger partial charge in [-0.3, -0.25) is 19.3 Å². The van der Waals surface area contributed by atoms with Gasteiger partial charge in [-0.1, -0.05) is 41.6 Å². The number of nitrogens with two attached hydrogens (primary N) is 1. The van der Waals surface area contributed by atoms with Crippen molar-refractivity contribution >= 4 is 45.9 Å². The van der Waals surface area contributed by atoms with E-state index in [1.807, 2.05) is 6.07 Å². The summed E-state index contributed by atoms with van der Waals surface area (Å²) in [7, 11) is 0. The van der Waals surface area contributed by atoms with Gasteiger partial charge in [0, 0.05) is 46.2 Å². The zero-order valence-electron chi connectivity index (χ0n) is 18.9. The summed E-state index contributed by atoms with van der Waals surface area (Å²) in [5.41, 5.74) is 8.52. The minimum absolute atomic E-state index is 0.0894. The van der Waals surface area contributed by atoms with Crippen LogP contribution in [0, 0.1) is 11.8 Å². The Hall–Kier alpha value is -4.67. The number of pyridine rings is 1.